The molecule has 0 N–H and O–H groups in total. The lowest BCUT2D eigenvalue weighted by Crippen LogP contribution is -2.23. The van der Waals surface area contributed by atoms with Gasteiger partial charge >= 0.3 is 0 Å². The molecule has 4 atom stereocenters. The molecule has 2 aliphatic carbocycles. The molecule has 0 amide bonds. The third kappa shape index (κ3) is 2.12. The maximum absolute atomic E-state index is 5.28. The van der Waals surface area contributed by atoms with Gasteiger partial charge in [-0.2, -0.15) is 0 Å². The number of rotatable bonds is 5. The summed E-state index contributed by atoms with van der Waals surface area (Å²) in [6, 6.07) is 4.59. The number of hydrogen-bond acceptors (Lipinski definition) is 3. The standard InChI is InChI=1S/C17H24N2O/c1-3-16-14(15-7-13(15)10-20-2)4-5-17(18-16)19-8-11-6-12(11)9-19/h4-5,11-13,15H,3,6-10H2,1-2H3. The monoisotopic (exact) mass is 272 g/mol. The Morgan fingerprint density at radius 2 is 2.05 bits per heavy atom. The first-order valence-electron chi connectivity index (χ1n) is 8.03. The van der Waals surface area contributed by atoms with E-state index >= 15 is 0 Å². The van der Waals surface area contributed by atoms with Crippen molar-refractivity contribution in [1.29, 1.82) is 0 Å². The molecule has 1 saturated heterocycles. The van der Waals surface area contributed by atoms with E-state index < -0.39 is 0 Å². The summed E-state index contributed by atoms with van der Waals surface area (Å²) in [4.78, 5) is 7.46. The van der Waals surface area contributed by atoms with Gasteiger partial charge in [-0.05, 0) is 54.6 Å². The minimum atomic E-state index is 0.693. The smallest absolute Gasteiger partial charge is 0.128 e. The van der Waals surface area contributed by atoms with Crippen molar-refractivity contribution in [3.05, 3.63) is 23.4 Å². The van der Waals surface area contributed by atoms with Crippen LogP contribution >= 0.6 is 0 Å². The summed E-state index contributed by atoms with van der Waals surface area (Å²) >= 11 is 0. The number of fused-ring (bicyclic) bond motifs is 1. The van der Waals surface area contributed by atoms with E-state index in [4.69, 9.17) is 9.72 Å². The Balaban J connectivity index is 1.53. The molecule has 1 aliphatic heterocycles. The van der Waals surface area contributed by atoms with Crippen molar-refractivity contribution in [1.82, 2.24) is 4.98 Å². The molecule has 4 rings (SSSR count). The first kappa shape index (κ1) is 12.6. The van der Waals surface area contributed by atoms with Crippen LogP contribution in [0.15, 0.2) is 12.1 Å². The summed E-state index contributed by atoms with van der Waals surface area (Å²) < 4.78 is 5.28. The first-order chi connectivity index (χ1) is 9.80. The van der Waals surface area contributed by atoms with Crippen molar-refractivity contribution in [2.24, 2.45) is 17.8 Å². The van der Waals surface area contributed by atoms with Crippen LogP contribution in [0, 0.1) is 17.8 Å². The van der Waals surface area contributed by atoms with Crippen LogP contribution in [0.4, 0.5) is 5.82 Å². The average Bonchev–Trinajstić information content (AvgIpc) is 3.37. The highest BCUT2D eigenvalue weighted by Crippen LogP contribution is 2.49. The fraction of sp³-hybridized carbons (Fsp3) is 0.706. The van der Waals surface area contributed by atoms with Gasteiger partial charge in [0, 0.05) is 32.5 Å². The van der Waals surface area contributed by atoms with Crippen molar-refractivity contribution in [3.8, 4) is 0 Å². The predicted octanol–water partition coefficient (Wildman–Crippen LogP) is 2.85. The molecule has 3 fully saturated rings. The number of ether oxygens (including phenoxy) is 1. The van der Waals surface area contributed by atoms with Crippen LogP contribution in [0.25, 0.3) is 0 Å². The van der Waals surface area contributed by atoms with Gasteiger partial charge in [0.05, 0.1) is 0 Å². The number of piperidine rings is 1. The van der Waals surface area contributed by atoms with E-state index in [2.05, 4.69) is 24.0 Å². The second-order valence-electron chi connectivity index (χ2n) is 6.78. The van der Waals surface area contributed by atoms with E-state index in [1.165, 1.54) is 43.0 Å². The van der Waals surface area contributed by atoms with Crippen molar-refractivity contribution in [2.75, 3.05) is 31.7 Å². The van der Waals surface area contributed by atoms with E-state index in [1.54, 1.807) is 7.11 Å². The van der Waals surface area contributed by atoms with Crippen LogP contribution in [-0.4, -0.2) is 31.8 Å². The predicted molar refractivity (Wildman–Crippen MR) is 80.1 cm³/mol. The Hall–Kier alpha value is -1.09. The molecule has 0 bridgehead atoms. The highest BCUT2D eigenvalue weighted by Gasteiger charge is 2.45. The molecule has 3 nitrogen and oxygen atoms in total. The fourth-order valence-corrected chi connectivity index (χ4v) is 3.91. The number of pyridine rings is 1. The molecule has 1 aromatic rings. The lowest BCUT2D eigenvalue weighted by molar-refractivity contribution is 0.184. The lowest BCUT2D eigenvalue weighted by Gasteiger charge is -2.20. The Labute approximate surface area is 121 Å². The molecule has 2 saturated carbocycles. The summed E-state index contributed by atoms with van der Waals surface area (Å²) in [5.41, 5.74) is 2.79. The maximum atomic E-state index is 5.28. The van der Waals surface area contributed by atoms with Crippen LogP contribution in [0.1, 0.15) is 36.9 Å². The maximum Gasteiger partial charge on any atom is 0.128 e. The van der Waals surface area contributed by atoms with Crippen LogP contribution in [0.3, 0.4) is 0 Å². The van der Waals surface area contributed by atoms with Gasteiger partial charge in [0.1, 0.15) is 5.82 Å². The van der Waals surface area contributed by atoms with Crippen LogP contribution < -0.4 is 4.90 Å². The number of nitrogens with zero attached hydrogens (tertiary/aromatic N) is 2. The Kier molecular flexibility index (Phi) is 2.99. The zero-order valence-corrected chi connectivity index (χ0v) is 12.5. The molecule has 1 aromatic heterocycles. The molecule has 4 unspecified atom stereocenters. The molecular weight excluding hydrogens is 248 g/mol. The fourth-order valence-electron chi connectivity index (χ4n) is 3.91. The van der Waals surface area contributed by atoms with Gasteiger partial charge in [-0.3, -0.25) is 0 Å². The molecule has 0 aromatic carbocycles. The topological polar surface area (TPSA) is 25.4 Å². The quantitative estimate of drug-likeness (QED) is 0.824. The van der Waals surface area contributed by atoms with E-state index in [0.29, 0.717) is 5.92 Å². The molecule has 3 aliphatic rings. The van der Waals surface area contributed by atoms with E-state index in [1.807, 2.05) is 0 Å². The second kappa shape index (κ2) is 4.73. The van der Waals surface area contributed by atoms with Crippen molar-refractivity contribution in [2.45, 2.75) is 32.1 Å². The molecular formula is C17H24N2O. The second-order valence-corrected chi connectivity index (χ2v) is 6.78. The summed E-state index contributed by atoms with van der Waals surface area (Å²) in [6.07, 6.45) is 3.77. The first-order valence-corrected chi connectivity index (χ1v) is 8.03. The lowest BCUT2D eigenvalue weighted by atomic mass is 10.1. The van der Waals surface area contributed by atoms with Gasteiger partial charge in [0.25, 0.3) is 0 Å². The van der Waals surface area contributed by atoms with Crippen LogP contribution in [0.2, 0.25) is 0 Å². The number of aromatic nitrogens is 1. The van der Waals surface area contributed by atoms with Crippen molar-refractivity contribution >= 4 is 5.82 Å². The summed E-state index contributed by atoms with van der Waals surface area (Å²) in [7, 11) is 1.80. The highest BCUT2D eigenvalue weighted by molar-refractivity contribution is 5.46. The van der Waals surface area contributed by atoms with E-state index in [9.17, 15) is 0 Å². The van der Waals surface area contributed by atoms with E-state index in [0.717, 1.165) is 30.8 Å². The highest BCUT2D eigenvalue weighted by atomic mass is 16.5. The van der Waals surface area contributed by atoms with Crippen LogP contribution in [-0.2, 0) is 11.2 Å². The zero-order chi connectivity index (χ0) is 13.7. The number of methoxy groups -OCH3 is 1. The summed E-state index contributed by atoms with van der Waals surface area (Å²) in [5.74, 6) is 4.56. The summed E-state index contributed by atoms with van der Waals surface area (Å²) in [6.45, 7) is 5.58. The zero-order valence-electron chi connectivity index (χ0n) is 12.5. The van der Waals surface area contributed by atoms with E-state index in [-0.39, 0.29) is 0 Å². The minimum Gasteiger partial charge on any atom is -0.384 e. The number of hydrogen-bond donors (Lipinski definition) is 0. The molecule has 20 heavy (non-hydrogen) atoms. The SMILES string of the molecule is CCc1nc(N2CC3CC3C2)ccc1C1CC1COC. The van der Waals surface area contributed by atoms with Gasteiger partial charge in [0.15, 0.2) is 0 Å². The Morgan fingerprint density at radius 1 is 1.25 bits per heavy atom. The van der Waals surface area contributed by atoms with Gasteiger partial charge < -0.3 is 9.64 Å². The van der Waals surface area contributed by atoms with Gasteiger partial charge in [-0.1, -0.05) is 13.0 Å². The van der Waals surface area contributed by atoms with Gasteiger partial charge in [-0.25, -0.2) is 4.98 Å². The van der Waals surface area contributed by atoms with Crippen LogP contribution in [0.5, 0.6) is 0 Å². The third-order valence-electron chi connectivity index (χ3n) is 5.34. The number of anilines is 1. The largest absolute Gasteiger partial charge is 0.384 e. The Morgan fingerprint density at radius 3 is 2.75 bits per heavy atom. The normalized spacial score (nSPS) is 34.2. The summed E-state index contributed by atoms with van der Waals surface area (Å²) in [5, 5.41) is 0. The molecule has 108 valence electrons. The van der Waals surface area contributed by atoms with Crippen molar-refractivity contribution in [3.63, 3.8) is 0 Å². The molecule has 0 radical (unpaired) electrons. The van der Waals surface area contributed by atoms with Crippen molar-refractivity contribution < 1.29 is 4.74 Å². The minimum absolute atomic E-state index is 0.693. The molecule has 2 heterocycles. The van der Waals surface area contributed by atoms with Gasteiger partial charge in [-0.15, -0.1) is 0 Å². The molecule has 3 heteroatoms. The van der Waals surface area contributed by atoms with Gasteiger partial charge in [0.2, 0.25) is 0 Å². The Bertz CT molecular complexity index is 506. The third-order valence-corrected chi connectivity index (χ3v) is 5.34. The average molecular weight is 272 g/mol. The molecule has 0 spiro atoms. The number of aryl methyl sites for hydroxylation is 1.